The van der Waals surface area contributed by atoms with Crippen LogP contribution in [0.1, 0.15) is 56.9 Å². The summed E-state index contributed by atoms with van der Waals surface area (Å²) < 4.78 is 5.44. The van der Waals surface area contributed by atoms with E-state index in [2.05, 4.69) is 15.1 Å². The van der Waals surface area contributed by atoms with Crippen LogP contribution in [-0.4, -0.2) is 59.6 Å². The minimum atomic E-state index is -0.155. The maximum absolute atomic E-state index is 12.2. The highest BCUT2D eigenvalue weighted by Gasteiger charge is 2.21. The smallest absolute Gasteiger partial charge is 0.320 e. The van der Waals surface area contributed by atoms with Crippen molar-refractivity contribution in [1.82, 2.24) is 15.1 Å². The summed E-state index contributed by atoms with van der Waals surface area (Å²) in [6.07, 6.45) is 10.2. The Kier molecular flexibility index (Phi) is 9.22. The van der Waals surface area contributed by atoms with Gasteiger partial charge in [0.25, 0.3) is 0 Å². The van der Waals surface area contributed by atoms with E-state index >= 15 is 0 Å². The van der Waals surface area contributed by atoms with Gasteiger partial charge < -0.3 is 15.0 Å². The number of carbonyl (C=O) groups is 1. The Hall–Kier alpha value is -1.66. The lowest BCUT2D eigenvalue weighted by molar-refractivity contribution is -0.146. The van der Waals surface area contributed by atoms with E-state index in [0.717, 1.165) is 43.3 Å². The third kappa shape index (κ3) is 7.94. The van der Waals surface area contributed by atoms with Crippen LogP contribution < -0.4 is 5.32 Å². The summed E-state index contributed by atoms with van der Waals surface area (Å²) in [6, 6.07) is 10.3. The van der Waals surface area contributed by atoms with Gasteiger partial charge in [-0.25, -0.2) is 0 Å². The summed E-state index contributed by atoms with van der Waals surface area (Å²) in [5.41, 5.74) is 1.02. The number of esters is 1. The van der Waals surface area contributed by atoms with Crippen LogP contribution in [0.3, 0.4) is 0 Å². The number of ether oxygens (including phenoxy) is 1. The second-order valence-corrected chi connectivity index (χ2v) is 8.64. The quantitative estimate of drug-likeness (QED) is 0.582. The number of carbonyl (C=O) groups excluding carboxylic acids is 1. The number of nitrogens with one attached hydrogen (secondary N) is 1. The summed E-state index contributed by atoms with van der Waals surface area (Å²) in [7, 11) is 0. The zero-order valence-electron chi connectivity index (χ0n) is 17.5. The average molecular weight is 418 g/mol. The molecule has 5 nitrogen and oxygen atoms in total. The molecular weight excluding hydrogens is 382 g/mol. The van der Waals surface area contributed by atoms with Crippen molar-refractivity contribution in [2.24, 2.45) is 0 Å². The van der Waals surface area contributed by atoms with Crippen LogP contribution in [0, 0.1) is 0 Å². The molecule has 0 atom stereocenters. The first kappa shape index (κ1) is 22.0. The van der Waals surface area contributed by atoms with Crippen LogP contribution in [0.4, 0.5) is 0 Å². The number of hydrogen-bond acceptors (Lipinski definition) is 4. The zero-order chi connectivity index (χ0) is 20.3. The molecule has 2 fully saturated rings. The van der Waals surface area contributed by atoms with Crippen LogP contribution >= 0.6 is 12.2 Å². The number of benzene rings is 1. The van der Waals surface area contributed by atoms with E-state index in [-0.39, 0.29) is 5.97 Å². The molecule has 1 aliphatic carbocycles. The van der Waals surface area contributed by atoms with Crippen molar-refractivity contribution in [3.63, 3.8) is 0 Å². The van der Waals surface area contributed by atoms with Crippen LogP contribution in [-0.2, 0) is 16.1 Å². The summed E-state index contributed by atoms with van der Waals surface area (Å²) in [6.45, 7) is 4.26. The van der Waals surface area contributed by atoms with Gasteiger partial charge >= 0.3 is 5.97 Å². The van der Waals surface area contributed by atoms with E-state index < -0.39 is 0 Å². The van der Waals surface area contributed by atoms with Gasteiger partial charge in [-0.15, -0.1) is 0 Å². The Balaban J connectivity index is 1.38. The molecule has 0 bridgehead atoms. The van der Waals surface area contributed by atoms with Gasteiger partial charge in [0.05, 0.1) is 6.54 Å². The third-order valence-electron chi connectivity index (χ3n) is 5.90. The fourth-order valence-electron chi connectivity index (χ4n) is 4.16. The Bertz CT molecular complexity index is 632. The van der Waals surface area contributed by atoms with E-state index in [4.69, 9.17) is 17.0 Å². The second-order valence-electron chi connectivity index (χ2n) is 8.25. The molecule has 2 aliphatic rings. The molecule has 1 saturated heterocycles. The predicted octanol–water partition coefficient (Wildman–Crippen LogP) is 3.72. The van der Waals surface area contributed by atoms with Crippen molar-refractivity contribution in [2.75, 3.05) is 32.7 Å². The van der Waals surface area contributed by atoms with E-state index in [9.17, 15) is 4.79 Å². The Labute approximate surface area is 180 Å². The Morgan fingerprint density at radius 1 is 0.966 bits per heavy atom. The SMILES string of the molecule is O=C(CN1CCCN(C(=S)NC2CCCCCCC2)CC1)OCc1ccccc1. The molecule has 0 aromatic heterocycles. The number of hydrogen-bond donors (Lipinski definition) is 1. The number of nitrogens with zero attached hydrogens (tertiary/aromatic N) is 2. The van der Waals surface area contributed by atoms with Crippen molar-refractivity contribution >= 4 is 23.3 Å². The highest BCUT2D eigenvalue weighted by atomic mass is 32.1. The molecule has 0 amide bonds. The third-order valence-corrected chi connectivity index (χ3v) is 6.28. The van der Waals surface area contributed by atoms with Gasteiger partial charge in [0.15, 0.2) is 5.11 Å². The topological polar surface area (TPSA) is 44.8 Å². The van der Waals surface area contributed by atoms with Crippen molar-refractivity contribution in [3.8, 4) is 0 Å². The average Bonchev–Trinajstić information content (AvgIpc) is 2.95. The van der Waals surface area contributed by atoms with Gasteiger partial charge in [-0.3, -0.25) is 9.69 Å². The largest absolute Gasteiger partial charge is 0.460 e. The minimum absolute atomic E-state index is 0.155. The van der Waals surface area contributed by atoms with Gasteiger partial charge in [0.2, 0.25) is 0 Å². The molecule has 29 heavy (non-hydrogen) atoms. The predicted molar refractivity (Wildman–Crippen MR) is 121 cm³/mol. The maximum atomic E-state index is 12.2. The van der Waals surface area contributed by atoms with Crippen molar-refractivity contribution in [3.05, 3.63) is 35.9 Å². The molecule has 1 aliphatic heterocycles. The molecular formula is C23H35N3O2S. The molecule has 1 aromatic carbocycles. The van der Waals surface area contributed by atoms with Gasteiger partial charge in [0.1, 0.15) is 6.61 Å². The maximum Gasteiger partial charge on any atom is 0.320 e. The van der Waals surface area contributed by atoms with Crippen LogP contribution in [0.2, 0.25) is 0 Å². The molecule has 0 spiro atoms. The molecule has 160 valence electrons. The van der Waals surface area contributed by atoms with Crippen molar-refractivity contribution < 1.29 is 9.53 Å². The highest BCUT2D eigenvalue weighted by molar-refractivity contribution is 7.80. The summed E-state index contributed by atoms with van der Waals surface area (Å²) in [4.78, 5) is 16.7. The number of thiocarbonyl (C=S) groups is 1. The fraction of sp³-hybridized carbons (Fsp3) is 0.652. The molecule has 6 heteroatoms. The number of rotatable bonds is 5. The lowest BCUT2D eigenvalue weighted by atomic mass is 9.97. The van der Waals surface area contributed by atoms with Crippen LogP contribution in [0.15, 0.2) is 30.3 Å². The molecule has 3 rings (SSSR count). The standard InChI is InChI=1S/C23H35N3O2S/c27-22(28-19-20-10-5-4-6-11-20)18-25-14-9-15-26(17-16-25)23(29)24-21-12-7-2-1-3-8-13-21/h4-6,10-11,21H,1-3,7-9,12-19H2,(H,24,29). The first-order valence-electron chi connectivity index (χ1n) is 11.2. The van der Waals surface area contributed by atoms with E-state index in [1.54, 1.807) is 0 Å². The Morgan fingerprint density at radius 3 is 2.45 bits per heavy atom. The second kappa shape index (κ2) is 12.1. The normalized spacial score (nSPS) is 19.7. The zero-order valence-corrected chi connectivity index (χ0v) is 18.3. The first-order chi connectivity index (χ1) is 14.2. The molecule has 1 heterocycles. The lowest BCUT2D eigenvalue weighted by Crippen LogP contribution is -2.46. The lowest BCUT2D eigenvalue weighted by Gasteiger charge is -2.29. The first-order valence-corrected chi connectivity index (χ1v) is 11.6. The Morgan fingerprint density at radius 2 is 1.69 bits per heavy atom. The molecule has 0 radical (unpaired) electrons. The molecule has 1 saturated carbocycles. The van der Waals surface area contributed by atoms with Crippen molar-refractivity contribution in [1.29, 1.82) is 0 Å². The van der Waals surface area contributed by atoms with E-state index in [1.165, 1.54) is 44.9 Å². The van der Waals surface area contributed by atoms with E-state index in [0.29, 0.717) is 19.2 Å². The fourth-order valence-corrected chi connectivity index (χ4v) is 4.51. The summed E-state index contributed by atoms with van der Waals surface area (Å²) >= 11 is 5.72. The van der Waals surface area contributed by atoms with Gasteiger partial charge in [0, 0.05) is 32.2 Å². The van der Waals surface area contributed by atoms with Gasteiger partial charge in [-0.1, -0.05) is 62.4 Å². The highest BCUT2D eigenvalue weighted by Crippen LogP contribution is 2.17. The van der Waals surface area contributed by atoms with Gasteiger partial charge in [-0.2, -0.15) is 0 Å². The molecule has 1 N–H and O–H groups in total. The van der Waals surface area contributed by atoms with Gasteiger partial charge in [-0.05, 0) is 37.0 Å². The van der Waals surface area contributed by atoms with Crippen LogP contribution in [0.5, 0.6) is 0 Å². The monoisotopic (exact) mass is 417 g/mol. The minimum Gasteiger partial charge on any atom is -0.460 e. The molecule has 0 unspecified atom stereocenters. The molecule has 1 aromatic rings. The summed E-state index contributed by atoms with van der Waals surface area (Å²) in [5.74, 6) is -0.155. The van der Waals surface area contributed by atoms with Crippen molar-refractivity contribution in [2.45, 2.75) is 64.0 Å². The summed E-state index contributed by atoms with van der Waals surface area (Å²) in [5, 5.41) is 4.52. The van der Waals surface area contributed by atoms with Crippen LogP contribution in [0.25, 0.3) is 0 Å². The van der Waals surface area contributed by atoms with E-state index in [1.807, 2.05) is 30.3 Å².